The Hall–Kier alpha value is -3.41. The zero-order valence-corrected chi connectivity index (χ0v) is 16.4. The average Bonchev–Trinajstić information content (AvgIpc) is 2.76. The van der Waals surface area contributed by atoms with Crippen molar-refractivity contribution in [3.63, 3.8) is 0 Å². The molecule has 0 bridgehead atoms. The molecule has 1 N–H and O–H groups in total. The number of hydrogen-bond acceptors (Lipinski definition) is 3. The molecule has 30 heavy (non-hydrogen) atoms. The first-order valence-electron chi connectivity index (χ1n) is 9.75. The maximum atomic E-state index is 13.6. The lowest BCUT2D eigenvalue weighted by molar-refractivity contribution is 0.0944. The Morgan fingerprint density at radius 2 is 1.40 bits per heavy atom. The molecule has 156 valence electrons. The van der Waals surface area contributed by atoms with Crippen LogP contribution in [0.4, 0.5) is 8.78 Å². The molecule has 0 aliphatic heterocycles. The molecule has 3 aromatic rings. The van der Waals surface area contributed by atoms with Crippen LogP contribution in [0.5, 0.6) is 11.5 Å². The Labute approximate surface area is 174 Å². The lowest BCUT2D eigenvalue weighted by Gasteiger charge is -2.09. The maximum Gasteiger partial charge on any atom is 0.257 e. The molecule has 3 aromatic carbocycles. The van der Waals surface area contributed by atoms with Crippen molar-refractivity contribution in [2.75, 3.05) is 13.2 Å². The third-order valence-electron chi connectivity index (χ3n) is 4.39. The van der Waals surface area contributed by atoms with Crippen molar-refractivity contribution in [2.24, 2.45) is 0 Å². The van der Waals surface area contributed by atoms with Crippen LogP contribution in [0, 0.1) is 11.6 Å². The Bertz CT molecular complexity index is 926. The summed E-state index contributed by atoms with van der Waals surface area (Å²) >= 11 is 0. The topological polar surface area (TPSA) is 47.6 Å². The number of hydrogen-bond donors (Lipinski definition) is 1. The number of ether oxygens (including phenoxy) is 2. The van der Waals surface area contributed by atoms with Crippen LogP contribution in [0.2, 0.25) is 0 Å². The Kier molecular flexibility index (Phi) is 7.78. The first-order valence-corrected chi connectivity index (χ1v) is 9.75. The second-order valence-electron chi connectivity index (χ2n) is 6.65. The van der Waals surface area contributed by atoms with Gasteiger partial charge in [0.2, 0.25) is 0 Å². The second-order valence-corrected chi connectivity index (χ2v) is 6.65. The lowest BCUT2D eigenvalue weighted by Crippen LogP contribution is -2.26. The monoisotopic (exact) mass is 411 g/mol. The number of nitrogens with one attached hydrogen (secondary N) is 1. The molecule has 0 heterocycles. The minimum absolute atomic E-state index is 0.308. The summed E-state index contributed by atoms with van der Waals surface area (Å²) < 4.78 is 38.5. The van der Waals surface area contributed by atoms with Crippen molar-refractivity contribution in [1.29, 1.82) is 0 Å². The van der Waals surface area contributed by atoms with Crippen LogP contribution in [0.1, 0.15) is 28.8 Å². The molecule has 4 nitrogen and oxygen atoms in total. The fourth-order valence-corrected chi connectivity index (χ4v) is 2.80. The lowest BCUT2D eigenvalue weighted by atomic mass is 10.2. The number of amides is 1. The first-order chi connectivity index (χ1) is 14.6. The Balaban J connectivity index is 1.32. The summed E-state index contributed by atoms with van der Waals surface area (Å²) in [5, 5.41) is 2.52. The van der Waals surface area contributed by atoms with Crippen molar-refractivity contribution >= 4 is 5.91 Å². The SMILES string of the molecule is O=C(NCCCCOc1ccc(OCc2ccccc2)cc1)c1c(F)cccc1F. The van der Waals surface area contributed by atoms with E-state index < -0.39 is 23.1 Å². The molecule has 0 atom stereocenters. The number of rotatable bonds is 10. The molecule has 0 spiro atoms. The minimum atomic E-state index is -0.868. The molecule has 3 rings (SSSR count). The van der Waals surface area contributed by atoms with Gasteiger partial charge in [-0.05, 0) is 54.8 Å². The smallest absolute Gasteiger partial charge is 0.257 e. The van der Waals surface area contributed by atoms with Gasteiger partial charge in [0.1, 0.15) is 35.3 Å². The normalized spacial score (nSPS) is 10.5. The maximum absolute atomic E-state index is 13.6. The minimum Gasteiger partial charge on any atom is -0.494 e. The van der Waals surface area contributed by atoms with E-state index in [0.717, 1.165) is 29.2 Å². The van der Waals surface area contributed by atoms with E-state index in [9.17, 15) is 13.6 Å². The quantitative estimate of drug-likeness (QED) is 0.471. The van der Waals surface area contributed by atoms with E-state index in [0.29, 0.717) is 32.6 Å². The van der Waals surface area contributed by atoms with Gasteiger partial charge in [-0.15, -0.1) is 0 Å². The van der Waals surface area contributed by atoms with E-state index in [-0.39, 0.29) is 0 Å². The van der Waals surface area contributed by atoms with Crippen LogP contribution in [-0.4, -0.2) is 19.1 Å². The fraction of sp³-hybridized carbons (Fsp3) is 0.208. The van der Waals surface area contributed by atoms with Gasteiger partial charge in [0.25, 0.3) is 5.91 Å². The number of carbonyl (C=O) groups is 1. The van der Waals surface area contributed by atoms with Crippen molar-refractivity contribution in [3.8, 4) is 11.5 Å². The fourth-order valence-electron chi connectivity index (χ4n) is 2.80. The summed E-state index contributed by atoms with van der Waals surface area (Å²) in [5.74, 6) is -1.01. The van der Waals surface area contributed by atoms with Gasteiger partial charge < -0.3 is 14.8 Å². The zero-order valence-electron chi connectivity index (χ0n) is 16.4. The van der Waals surface area contributed by atoms with Crippen LogP contribution in [0.15, 0.2) is 72.8 Å². The third kappa shape index (κ3) is 6.30. The summed E-state index contributed by atoms with van der Waals surface area (Å²) in [6.07, 6.45) is 1.31. The van der Waals surface area contributed by atoms with E-state index in [1.54, 1.807) is 0 Å². The van der Waals surface area contributed by atoms with Crippen molar-refractivity contribution in [2.45, 2.75) is 19.4 Å². The van der Waals surface area contributed by atoms with E-state index in [2.05, 4.69) is 5.32 Å². The molecule has 1 amide bonds. The standard InChI is InChI=1S/C24H23F2NO3/c25-21-9-6-10-22(26)23(21)24(28)27-15-4-5-16-29-19-11-13-20(14-12-19)30-17-18-7-2-1-3-8-18/h1-3,6-14H,4-5,15-17H2,(H,27,28). The molecule has 0 radical (unpaired) electrons. The third-order valence-corrected chi connectivity index (χ3v) is 4.39. The molecule has 6 heteroatoms. The van der Waals surface area contributed by atoms with E-state index >= 15 is 0 Å². The molecule has 0 unspecified atom stereocenters. The molecular weight excluding hydrogens is 388 g/mol. The first kappa shape index (κ1) is 21.3. The van der Waals surface area contributed by atoms with Crippen LogP contribution in [0.3, 0.4) is 0 Å². The molecule has 0 aliphatic rings. The van der Waals surface area contributed by atoms with Gasteiger partial charge in [-0.25, -0.2) is 8.78 Å². The number of benzene rings is 3. The van der Waals surface area contributed by atoms with Crippen molar-refractivity contribution < 1.29 is 23.0 Å². The molecule has 0 aromatic heterocycles. The van der Waals surface area contributed by atoms with Crippen LogP contribution < -0.4 is 14.8 Å². The predicted molar refractivity (Wildman–Crippen MR) is 111 cm³/mol. The van der Waals surface area contributed by atoms with E-state index in [1.165, 1.54) is 6.07 Å². The largest absolute Gasteiger partial charge is 0.494 e. The van der Waals surface area contributed by atoms with Crippen molar-refractivity contribution in [1.82, 2.24) is 5.32 Å². The van der Waals surface area contributed by atoms with Gasteiger partial charge in [-0.3, -0.25) is 4.79 Å². The van der Waals surface area contributed by atoms with E-state index in [1.807, 2.05) is 54.6 Å². The molecular formula is C24H23F2NO3. The average molecular weight is 411 g/mol. The second kappa shape index (κ2) is 11.0. The number of carbonyl (C=O) groups excluding carboxylic acids is 1. The van der Waals surface area contributed by atoms with Crippen LogP contribution in [-0.2, 0) is 6.61 Å². The Morgan fingerprint density at radius 1 is 0.767 bits per heavy atom. The molecule has 0 aliphatic carbocycles. The summed E-state index contributed by atoms with van der Waals surface area (Å²) in [6, 6.07) is 20.6. The summed E-state index contributed by atoms with van der Waals surface area (Å²) in [7, 11) is 0. The molecule has 0 saturated heterocycles. The molecule has 0 saturated carbocycles. The Morgan fingerprint density at radius 3 is 2.07 bits per heavy atom. The van der Waals surface area contributed by atoms with Gasteiger partial charge in [0.05, 0.1) is 6.61 Å². The van der Waals surface area contributed by atoms with Crippen LogP contribution in [0.25, 0.3) is 0 Å². The van der Waals surface area contributed by atoms with Gasteiger partial charge in [-0.1, -0.05) is 36.4 Å². The summed E-state index contributed by atoms with van der Waals surface area (Å²) in [5.41, 5.74) is 0.547. The highest BCUT2D eigenvalue weighted by Crippen LogP contribution is 2.19. The predicted octanol–water partition coefficient (Wildman–Crippen LogP) is 5.13. The molecule has 0 fully saturated rings. The van der Waals surface area contributed by atoms with Gasteiger partial charge in [0.15, 0.2) is 0 Å². The number of unbranched alkanes of at least 4 members (excludes halogenated alkanes) is 1. The zero-order chi connectivity index (χ0) is 21.2. The van der Waals surface area contributed by atoms with Gasteiger partial charge >= 0.3 is 0 Å². The number of halogens is 2. The van der Waals surface area contributed by atoms with E-state index in [4.69, 9.17) is 9.47 Å². The van der Waals surface area contributed by atoms with Crippen molar-refractivity contribution in [3.05, 3.63) is 95.6 Å². The van der Waals surface area contributed by atoms with Gasteiger partial charge in [-0.2, -0.15) is 0 Å². The highest BCUT2D eigenvalue weighted by molar-refractivity contribution is 5.94. The van der Waals surface area contributed by atoms with Crippen LogP contribution >= 0.6 is 0 Å². The summed E-state index contributed by atoms with van der Waals surface area (Å²) in [4.78, 5) is 11.9. The summed E-state index contributed by atoms with van der Waals surface area (Å²) in [6.45, 7) is 1.28. The van der Waals surface area contributed by atoms with Gasteiger partial charge in [0, 0.05) is 6.54 Å². The highest BCUT2D eigenvalue weighted by atomic mass is 19.1. The highest BCUT2D eigenvalue weighted by Gasteiger charge is 2.16.